The lowest BCUT2D eigenvalue weighted by molar-refractivity contribution is 0.273. The minimum atomic E-state index is -3.66. The van der Waals surface area contributed by atoms with Crippen LogP contribution in [0.25, 0.3) is 11.2 Å². The van der Waals surface area contributed by atoms with Gasteiger partial charge in [-0.3, -0.25) is 14.2 Å². The van der Waals surface area contributed by atoms with Gasteiger partial charge >= 0.3 is 11.1 Å². The summed E-state index contributed by atoms with van der Waals surface area (Å²) < 4.78 is 30.4. The number of pyridine rings is 1. The zero-order valence-electron chi connectivity index (χ0n) is 19.1. The van der Waals surface area contributed by atoms with Gasteiger partial charge in [-0.1, -0.05) is 44.5 Å². The van der Waals surface area contributed by atoms with E-state index >= 15 is 0 Å². The standard InChI is InChI=1S/C23H27ClN4O4S/c1-23(2,3)15-5-7-18(8-6-15)33(31,32)27-11-9-17(10-12-27)28-20-19(13-16(24)14-25-20)26(4)21(29)22(28)30/h5-8,13-14,17H,9-12H2,1-4H3. The molecule has 176 valence electrons. The van der Waals surface area contributed by atoms with Crippen molar-refractivity contribution in [2.24, 2.45) is 7.05 Å². The maximum atomic E-state index is 13.2. The van der Waals surface area contributed by atoms with Crippen LogP contribution in [0.2, 0.25) is 5.02 Å². The van der Waals surface area contributed by atoms with E-state index in [4.69, 9.17) is 11.6 Å². The average Bonchev–Trinajstić information content (AvgIpc) is 2.78. The van der Waals surface area contributed by atoms with Gasteiger partial charge < -0.3 is 4.57 Å². The molecule has 1 aliphatic rings. The number of benzene rings is 1. The lowest BCUT2D eigenvalue weighted by atomic mass is 9.87. The first kappa shape index (κ1) is 23.7. The highest BCUT2D eigenvalue weighted by molar-refractivity contribution is 7.89. The molecule has 3 heterocycles. The number of hydrogen-bond donors (Lipinski definition) is 0. The Morgan fingerprint density at radius 1 is 1.03 bits per heavy atom. The van der Waals surface area contributed by atoms with Crippen molar-refractivity contribution in [3.05, 3.63) is 67.8 Å². The van der Waals surface area contributed by atoms with Gasteiger partial charge in [-0.15, -0.1) is 0 Å². The second-order valence-corrected chi connectivity index (χ2v) is 11.8. The molecule has 0 bridgehead atoms. The Bertz CT molecular complexity index is 1430. The lowest BCUT2D eigenvalue weighted by Crippen LogP contribution is -2.46. The summed E-state index contributed by atoms with van der Waals surface area (Å²) in [5.74, 6) is 0. The summed E-state index contributed by atoms with van der Waals surface area (Å²) in [4.78, 5) is 29.9. The van der Waals surface area contributed by atoms with Crippen LogP contribution < -0.4 is 11.1 Å². The van der Waals surface area contributed by atoms with Crippen molar-refractivity contribution >= 4 is 32.8 Å². The Labute approximate surface area is 197 Å². The first-order valence-corrected chi connectivity index (χ1v) is 12.6. The summed E-state index contributed by atoms with van der Waals surface area (Å²) in [5.41, 5.74) is 0.484. The number of fused-ring (bicyclic) bond motifs is 1. The Kier molecular flexibility index (Phi) is 6.01. The molecule has 33 heavy (non-hydrogen) atoms. The van der Waals surface area contributed by atoms with E-state index in [0.29, 0.717) is 29.0 Å². The van der Waals surface area contributed by atoms with E-state index in [1.807, 2.05) is 12.1 Å². The summed E-state index contributed by atoms with van der Waals surface area (Å²) in [6, 6.07) is 8.26. The highest BCUT2D eigenvalue weighted by Crippen LogP contribution is 2.29. The van der Waals surface area contributed by atoms with Crippen molar-refractivity contribution in [2.75, 3.05) is 13.1 Å². The van der Waals surface area contributed by atoms with Crippen molar-refractivity contribution in [1.29, 1.82) is 0 Å². The fourth-order valence-electron chi connectivity index (χ4n) is 4.26. The molecule has 0 unspecified atom stereocenters. The van der Waals surface area contributed by atoms with Crippen LogP contribution in [0.1, 0.15) is 45.2 Å². The Hall–Kier alpha value is -2.49. The largest absolute Gasteiger partial charge is 0.318 e. The number of rotatable bonds is 3. The van der Waals surface area contributed by atoms with Gasteiger partial charge in [-0.2, -0.15) is 4.31 Å². The first-order valence-electron chi connectivity index (χ1n) is 10.8. The summed E-state index contributed by atoms with van der Waals surface area (Å²) in [6.45, 7) is 6.71. The molecule has 2 aromatic heterocycles. The molecule has 0 saturated carbocycles. The minimum Gasteiger partial charge on any atom is -0.304 e. The van der Waals surface area contributed by atoms with Gasteiger partial charge in [0.15, 0.2) is 5.65 Å². The van der Waals surface area contributed by atoms with Crippen molar-refractivity contribution in [3.8, 4) is 0 Å². The molecule has 8 nitrogen and oxygen atoms in total. The summed E-state index contributed by atoms with van der Waals surface area (Å²) in [5, 5.41) is 0.362. The SMILES string of the molecule is Cn1c(=O)c(=O)n(C2CCN(S(=O)(=O)c3ccc(C(C)(C)C)cc3)CC2)c2ncc(Cl)cc21. The van der Waals surface area contributed by atoms with Crippen LogP contribution in [0.15, 0.2) is 51.0 Å². The third kappa shape index (κ3) is 4.25. The second kappa shape index (κ2) is 8.38. The van der Waals surface area contributed by atoms with E-state index in [1.54, 1.807) is 18.2 Å². The number of aryl methyl sites for hydroxylation is 1. The van der Waals surface area contributed by atoms with Crippen LogP contribution in [-0.2, 0) is 22.5 Å². The smallest absolute Gasteiger partial charge is 0.304 e. The topological polar surface area (TPSA) is 94.3 Å². The van der Waals surface area contributed by atoms with Crippen LogP contribution in [0.4, 0.5) is 0 Å². The molecule has 0 radical (unpaired) electrons. The summed E-state index contributed by atoms with van der Waals surface area (Å²) in [7, 11) is -2.15. The molecule has 4 rings (SSSR count). The quantitative estimate of drug-likeness (QED) is 0.526. The van der Waals surface area contributed by atoms with E-state index < -0.39 is 21.1 Å². The Morgan fingerprint density at radius 2 is 1.64 bits per heavy atom. The van der Waals surface area contributed by atoms with E-state index in [9.17, 15) is 18.0 Å². The van der Waals surface area contributed by atoms with Crippen molar-refractivity contribution in [2.45, 2.75) is 50.0 Å². The molecule has 1 fully saturated rings. The van der Waals surface area contributed by atoms with E-state index in [0.717, 1.165) is 5.56 Å². The second-order valence-electron chi connectivity index (χ2n) is 9.45. The summed E-state index contributed by atoms with van der Waals surface area (Å²) in [6.07, 6.45) is 2.22. The molecular formula is C23H27ClN4O4S. The van der Waals surface area contributed by atoms with Crippen LogP contribution in [0, 0.1) is 0 Å². The summed E-state index contributed by atoms with van der Waals surface area (Å²) >= 11 is 6.04. The maximum Gasteiger partial charge on any atom is 0.318 e. The van der Waals surface area contributed by atoms with Crippen molar-refractivity contribution in [3.63, 3.8) is 0 Å². The van der Waals surface area contributed by atoms with Gasteiger partial charge in [0, 0.05) is 32.4 Å². The predicted molar refractivity (Wildman–Crippen MR) is 128 cm³/mol. The highest BCUT2D eigenvalue weighted by Gasteiger charge is 2.32. The van der Waals surface area contributed by atoms with Crippen molar-refractivity contribution < 1.29 is 8.42 Å². The van der Waals surface area contributed by atoms with Crippen LogP contribution in [0.3, 0.4) is 0 Å². The monoisotopic (exact) mass is 490 g/mol. The number of nitrogens with zero attached hydrogens (tertiary/aromatic N) is 4. The zero-order valence-corrected chi connectivity index (χ0v) is 20.7. The Morgan fingerprint density at radius 3 is 2.21 bits per heavy atom. The fraction of sp³-hybridized carbons (Fsp3) is 0.435. The number of aromatic nitrogens is 3. The number of halogens is 1. The molecule has 3 aromatic rings. The third-order valence-electron chi connectivity index (χ3n) is 6.26. The third-order valence-corrected chi connectivity index (χ3v) is 8.38. The molecule has 1 aromatic carbocycles. The zero-order chi connectivity index (χ0) is 24.1. The molecule has 0 atom stereocenters. The average molecular weight is 491 g/mol. The number of hydrogen-bond acceptors (Lipinski definition) is 5. The highest BCUT2D eigenvalue weighted by atomic mass is 35.5. The molecular weight excluding hydrogens is 464 g/mol. The van der Waals surface area contributed by atoms with Gasteiger partial charge in [0.1, 0.15) is 0 Å². The van der Waals surface area contributed by atoms with Crippen LogP contribution in [0.5, 0.6) is 0 Å². The van der Waals surface area contributed by atoms with Gasteiger partial charge in [0.2, 0.25) is 10.0 Å². The van der Waals surface area contributed by atoms with Gasteiger partial charge in [-0.05, 0) is 42.0 Å². The normalized spacial score (nSPS) is 16.4. The molecule has 10 heteroatoms. The van der Waals surface area contributed by atoms with Crippen molar-refractivity contribution in [1.82, 2.24) is 18.4 Å². The maximum absolute atomic E-state index is 13.2. The van der Waals surface area contributed by atoms with Crippen LogP contribution in [-0.4, -0.2) is 39.9 Å². The van der Waals surface area contributed by atoms with E-state index in [1.165, 1.54) is 26.7 Å². The van der Waals surface area contributed by atoms with E-state index in [2.05, 4.69) is 25.8 Å². The van der Waals surface area contributed by atoms with Gasteiger partial charge in [0.25, 0.3) is 0 Å². The Balaban J connectivity index is 1.62. The van der Waals surface area contributed by atoms with E-state index in [-0.39, 0.29) is 29.4 Å². The molecule has 1 aliphatic heterocycles. The predicted octanol–water partition coefficient (Wildman–Crippen LogP) is 3.07. The van der Waals surface area contributed by atoms with Gasteiger partial charge in [-0.25, -0.2) is 13.4 Å². The molecule has 1 saturated heterocycles. The molecule has 0 spiro atoms. The lowest BCUT2D eigenvalue weighted by Gasteiger charge is -2.32. The minimum absolute atomic E-state index is 0.0678. The first-order chi connectivity index (χ1) is 15.4. The molecule has 0 N–H and O–H groups in total. The van der Waals surface area contributed by atoms with Gasteiger partial charge in [0.05, 0.1) is 15.4 Å². The molecule has 0 aliphatic carbocycles. The van der Waals surface area contributed by atoms with Crippen LogP contribution >= 0.6 is 11.6 Å². The number of piperidine rings is 1. The number of sulfonamides is 1. The fourth-order valence-corrected chi connectivity index (χ4v) is 5.88. The molecule has 0 amide bonds.